The summed E-state index contributed by atoms with van der Waals surface area (Å²) in [6.07, 6.45) is 1.68. The first-order chi connectivity index (χ1) is 10.9. The van der Waals surface area contributed by atoms with E-state index in [1.54, 1.807) is 12.1 Å². The van der Waals surface area contributed by atoms with Crippen LogP contribution in [0, 0.1) is 18.3 Å². The van der Waals surface area contributed by atoms with Gasteiger partial charge in [-0.05, 0) is 42.4 Å². The normalized spacial score (nSPS) is 20.2. The SMILES string of the molecule is Cc1ccc(S(=O)(=O)OCC2CC(=C=CS(C)(=O)=O)C2(C)C)cc1. The lowest BCUT2D eigenvalue weighted by atomic mass is 9.59. The minimum Gasteiger partial charge on any atom is -0.266 e. The largest absolute Gasteiger partial charge is 0.296 e. The molecule has 1 aliphatic carbocycles. The fourth-order valence-electron chi connectivity index (χ4n) is 2.51. The molecule has 0 bridgehead atoms. The van der Waals surface area contributed by atoms with E-state index in [4.69, 9.17) is 4.18 Å². The molecule has 0 aromatic heterocycles. The summed E-state index contributed by atoms with van der Waals surface area (Å²) >= 11 is 0. The second-order valence-corrected chi connectivity index (χ2v) is 10.3. The number of sulfone groups is 1. The van der Waals surface area contributed by atoms with Crippen molar-refractivity contribution in [2.75, 3.05) is 12.9 Å². The molecule has 1 unspecified atom stereocenters. The topological polar surface area (TPSA) is 77.5 Å². The standard InChI is InChI=1S/C17H22O5S2/c1-13-5-7-16(8-6-13)24(20,21)22-12-15-11-14(17(15,2)3)9-10-23(4,18)19/h5-8,10,15H,11-12H2,1-4H3. The van der Waals surface area contributed by atoms with E-state index in [1.807, 2.05) is 20.8 Å². The van der Waals surface area contributed by atoms with E-state index in [0.29, 0.717) is 6.42 Å². The molecule has 1 aliphatic rings. The maximum atomic E-state index is 12.2. The number of hydrogen-bond acceptors (Lipinski definition) is 5. The summed E-state index contributed by atoms with van der Waals surface area (Å²) in [4.78, 5) is 0.137. The van der Waals surface area contributed by atoms with Crippen LogP contribution in [-0.2, 0) is 24.1 Å². The molecule has 0 heterocycles. The molecule has 2 rings (SSSR count). The molecule has 0 spiro atoms. The highest BCUT2D eigenvalue weighted by Crippen LogP contribution is 2.50. The molecule has 0 N–H and O–H groups in total. The van der Waals surface area contributed by atoms with E-state index in [0.717, 1.165) is 22.8 Å². The lowest BCUT2D eigenvalue weighted by Crippen LogP contribution is -2.40. The second kappa shape index (κ2) is 6.48. The minimum absolute atomic E-state index is 0.00631. The van der Waals surface area contributed by atoms with Gasteiger partial charge in [-0.3, -0.25) is 4.18 Å². The van der Waals surface area contributed by atoms with E-state index in [1.165, 1.54) is 12.1 Å². The van der Waals surface area contributed by atoms with Crippen molar-refractivity contribution < 1.29 is 21.0 Å². The summed E-state index contributed by atoms with van der Waals surface area (Å²) in [5.41, 5.74) is 4.30. The van der Waals surface area contributed by atoms with E-state index < -0.39 is 20.0 Å². The quantitative estimate of drug-likeness (QED) is 0.588. The monoisotopic (exact) mass is 370 g/mol. The molecule has 5 nitrogen and oxygen atoms in total. The zero-order valence-corrected chi connectivity index (χ0v) is 15.9. The molecule has 7 heteroatoms. The second-order valence-electron chi connectivity index (χ2n) is 6.74. The van der Waals surface area contributed by atoms with Crippen LogP contribution in [0.3, 0.4) is 0 Å². The Balaban J connectivity index is 2.06. The first-order valence-corrected chi connectivity index (χ1v) is 10.9. The maximum Gasteiger partial charge on any atom is 0.296 e. The van der Waals surface area contributed by atoms with Crippen LogP contribution in [0.5, 0.6) is 0 Å². The summed E-state index contributed by atoms with van der Waals surface area (Å²) in [7, 11) is -7.01. The average molecular weight is 370 g/mol. The summed E-state index contributed by atoms with van der Waals surface area (Å²) in [5.74, 6) is -0.00631. The van der Waals surface area contributed by atoms with E-state index in [-0.39, 0.29) is 22.8 Å². The number of benzene rings is 1. The lowest BCUT2D eigenvalue weighted by Gasteiger charge is -2.45. The van der Waals surface area contributed by atoms with Gasteiger partial charge in [-0.1, -0.05) is 31.5 Å². The van der Waals surface area contributed by atoms with Gasteiger partial charge in [0.1, 0.15) is 0 Å². The molecule has 132 valence electrons. The van der Waals surface area contributed by atoms with Crippen molar-refractivity contribution in [1.82, 2.24) is 0 Å². The van der Waals surface area contributed by atoms with Crippen molar-refractivity contribution >= 4 is 20.0 Å². The molecule has 0 saturated heterocycles. The first kappa shape index (κ1) is 18.9. The zero-order valence-electron chi connectivity index (χ0n) is 14.2. The highest BCUT2D eigenvalue weighted by molar-refractivity contribution is 7.93. The molecule has 1 aromatic rings. The van der Waals surface area contributed by atoms with Crippen LogP contribution in [-0.4, -0.2) is 29.7 Å². The Morgan fingerprint density at radius 1 is 1.21 bits per heavy atom. The summed E-state index contributed by atoms with van der Waals surface area (Å²) in [5, 5.41) is 1.06. The number of rotatable bonds is 5. The van der Waals surface area contributed by atoms with E-state index in [2.05, 4.69) is 5.73 Å². The van der Waals surface area contributed by atoms with Gasteiger partial charge >= 0.3 is 0 Å². The van der Waals surface area contributed by atoms with Crippen LogP contribution in [0.2, 0.25) is 0 Å². The molecule has 1 aromatic carbocycles. The fourth-order valence-corrected chi connectivity index (χ4v) is 3.82. The first-order valence-electron chi connectivity index (χ1n) is 7.54. The fraction of sp³-hybridized carbons (Fsp3) is 0.471. The van der Waals surface area contributed by atoms with Crippen molar-refractivity contribution in [3.63, 3.8) is 0 Å². The van der Waals surface area contributed by atoms with Gasteiger partial charge in [0.05, 0.1) is 16.9 Å². The van der Waals surface area contributed by atoms with Crippen LogP contribution >= 0.6 is 0 Å². The minimum atomic E-state index is -3.78. The van der Waals surface area contributed by atoms with Crippen molar-refractivity contribution in [3.8, 4) is 0 Å². The van der Waals surface area contributed by atoms with Crippen LogP contribution in [0.1, 0.15) is 25.8 Å². The van der Waals surface area contributed by atoms with Crippen molar-refractivity contribution in [3.05, 3.63) is 46.5 Å². The molecule has 0 amide bonds. The molecule has 1 saturated carbocycles. The lowest BCUT2D eigenvalue weighted by molar-refractivity contribution is 0.101. The van der Waals surface area contributed by atoms with Crippen LogP contribution in [0.15, 0.2) is 45.9 Å². The third kappa shape index (κ3) is 4.36. The van der Waals surface area contributed by atoms with Crippen molar-refractivity contribution in [1.29, 1.82) is 0 Å². The molecule has 1 fully saturated rings. The molecule has 0 radical (unpaired) electrons. The average Bonchev–Trinajstić information content (AvgIpc) is 2.44. The van der Waals surface area contributed by atoms with Gasteiger partial charge in [0.15, 0.2) is 9.84 Å². The predicted octanol–water partition coefficient (Wildman–Crippen LogP) is 2.83. The Morgan fingerprint density at radius 2 is 1.79 bits per heavy atom. The van der Waals surface area contributed by atoms with Crippen molar-refractivity contribution in [2.24, 2.45) is 11.3 Å². The third-order valence-electron chi connectivity index (χ3n) is 4.43. The van der Waals surface area contributed by atoms with Gasteiger partial charge < -0.3 is 0 Å². The number of allylic oxidation sites excluding steroid dienone is 1. The molecule has 1 atom stereocenters. The van der Waals surface area contributed by atoms with E-state index >= 15 is 0 Å². The van der Waals surface area contributed by atoms with Crippen molar-refractivity contribution in [2.45, 2.75) is 32.1 Å². The van der Waals surface area contributed by atoms with Crippen LogP contribution < -0.4 is 0 Å². The summed E-state index contributed by atoms with van der Waals surface area (Å²) in [6, 6.07) is 6.49. The molecular formula is C17H22O5S2. The summed E-state index contributed by atoms with van der Waals surface area (Å²) in [6.45, 7) is 5.81. The van der Waals surface area contributed by atoms with Gasteiger partial charge in [-0.15, -0.1) is 5.73 Å². The molecular weight excluding hydrogens is 348 g/mol. The predicted molar refractivity (Wildman–Crippen MR) is 92.6 cm³/mol. The van der Waals surface area contributed by atoms with Gasteiger partial charge in [-0.2, -0.15) is 8.42 Å². The molecule has 0 aliphatic heterocycles. The van der Waals surface area contributed by atoms with Gasteiger partial charge in [0, 0.05) is 6.26 Å². The Hall–Kier alpha value is -1.40. The number of aryl methyl sites for hydroxylation is 1. The summed E-state index contributed by atoms with van der Waals surface area (Å²) < 4.78 is 51.9. The van der Waals surface area contributed by atoms with Crippen LogP contribution in [0.25, 0.3) is 0 Å². The number of hydrogen-bond donors (Lipinski definition) is 0. The molecule has 24 heavy (non-hydrogen) atoms. The Labute approximate surface area is 144 Å². The Kier molecular flexibility index (Phi) is 5.11. The van der Waals surface area contributed by atoms with Gasteiger partial charge in [0.25, 0.3) is 10.1 Å². The Morgan fingerprint density at radius 3 is 2.29 bits per heavy atom. The Bertz CT molecular complexity index is 885. The van der Waals surface area contributed by atoms with Crippen LogP contribution in [0.4, 0.5) is 0 Å². The maximum absolute atomic E-state index is 12.2. The van der Waals surface area contributed by atoms with Gasteiger partial charge in [-0.25, -0.2) is 8.42 Å². The zero-order chi connectivity index (χ0) is 18.2. The third-order valence-corrected chi connectivity index (χ3v) is 6.27. The highest BCUT2D eigenvalue weighted by atomic mass is 32.2. The van der Waals surface area contributed by atoms with E-state index in [9.17, 15) is 16.8 Å². The van der Waals surface area contributed by atoms with Gasteiger partial charge in [0.2, 0.25) is 0 Å². The smallest absolute Gasteiger partial charge is 0.266 e. The highest BCUT2D eigenvalue weighted by Gasteiger charge is 2.44.